The summed E-state index contributed by atoms with van der Waals surface area (Å²) in [5, 5.41) is 13.9. The Hall–Kier alpha value is -2.47. The van der Waals surface area contributed by atoms with Crippen molar-refractivity contribution in [3.63, 3.8) is 0 Å². The number of β-amino-alcohol motifs (C(OH)–C–C–N with tert-alkyl or cyclic N) is 1. The normalized spacial score (nSPS) is 20.3. The molecule has 1 saturated heterocycles. The van der Waals surface area contributed by atoms with Crippen LogP contribution in [-0.2, 0) is 16.0 Å². The molecule has 2 amide bonds. The van der Waals surface area contributed by atoms with Crippen LogP contribution in [0.5, 0.6) is 0 Å². The molecule has 0 aliphatic carbocycles. The average molecular weight is 327 g/mol. The summed E-state index contributed by atoms with van der Waals surface area (Å²) in [6.45, 7) is 2.17. The Morgan fingerprint density at radius 2 is 2.08 bits per heavy atom. The summed E-state index contributed by atoms with van der Waals surface area (Å²) in [5.41, 5.74) is 2.06. The largest absolute Gasteiger partial charge is 0.391 e. The molecule has 2 aromatic rings. The SMILES string of the molecule is CC(=O)NCC(=O)N1CC(O)C(Cc2ccnc3ccccc23)C1. The topological polar surface area (TPSA) is 82.5 Å². The van der Waals surface area contributed by atoms with E-state index >= 15 is 0 Å². The predicted octanol–water partition coefficient (Wildman–Crippen LogP) is 0.733. The molecule has 2 atom stereocenters. The van der Waals surface area contributed by atoms with Crippen LogP contribution in [0.1, 0.15) is 12.5 Å². The van der Waals surface area contributed by atoms with Gasteiger partial charge in [0, 0.05) is 37.5 Å². The second-order valence-electron chi connectivity index (χ2n) is 6.23. The van der Waals surface area contributed by atoms with Crippen LogP contribution >= 0.6 is 0 Å². The van der Waals surface area contributed by atoms with Crippen molar-refractivity contribution in [2.24, 2.45) is 5.92 Å². The molecule has 3 rings (SSSR count). The van der Waals surface area contributed by atoms with Crippen LogP contribution in [-0.4, -0.2) is 52.5 Å². The third kappa shape index (κ3) is 3.54. The maximum absolute atomic E-state index is 12.1. The number of aromatic nitrogens is 1. The summed E-state index contributed by atoms with van der Waals surface area (Å²) in [4.78, 5) is 29.0. The summed E-state index contributed by atoms with van der Waals surface area (Å²) >= 11 is 0. The van der Waals surface area contributed by atoms with Gasteiger partial charge in [0.05, 0.1) is 18.2 Å². The molecule has 1 aromatic heterocycles. The van der Waals surface area contributed by atoms with Gasteiger partial charge in [-0.2, -0.15) is 0 Å². The van der Waals surface area contributed by atoms with Crippen LogP contribution in [0, 0.1) is 5.92 Å². The van der Waals surface area contributed by atoms with Crippen molar-refractivity contribution >= 4 is 22.7 Å². The summed E-state index contributed by atoms with van der Waals surface area (Å²) in [5.74, 6) is -0.411. The molecule has 2 heterocycles. The smallest absolute Gasteiger partial charge is 0.242 e. The highest BCUT2D eigenvalue weighted by Crippen LogP contribution is 2.25. The molecule has 126 valence electrons. The maximum atomic E-state index is 12.1. The number of hydrogen-bond donors (Lipinski definition) is 2. The molecule has 6 heteroatoms. The molecule has 1 fully saturated rings. The molecular formula is C18H21N3O3. The summed E-state index contributed by atoms with van der Waals surface area (Å²) in [6.07, 6.45) is 1.91. The van der Waals surface area contributed by atoms with Crippen LogP contribution in [0.4, 0.5) is 0 Å². The number of carbonyl (C=O) groups excluding carboxylic acids is 2. The zero-order valence-corrected chi connectivity index (χ0v) is 13.6. The Balaban J connectivity index is 1.69. The highest BCUT2D eigenvalue weighted by atomic mass is 16.3. The van der Waals surface area contributed by atoms with Crippen molar-refractivity contribution in [1.82, 2.24) is 15.2 Å². The first-order valence-electron chi connectivity index (χ1n) is 8.07. The fraction of sp³-hybridized carbons (Fsp3) is 0.389. The van der Waals surface area contributed by atoms with Gasteiger partial charge >= 0.3 is 0 Å². The van der Waals surface area contributed by atoms with E-state index in [9.17, 15) is 14.7 Å². The number of nitrogens with zero attached hydrogens (tertiary/aromatic N) is 2. The first kappa shape index (κ1) is 16.4. The van der Waals surface area contributed by atoms with E-state index in [1.165, 1.54) is 6.92 Å². The van der Waals surface area contributed by atoms with Crippen LogP contribution in [0.15, 0.2) is 36.5 Å². The molecule has 24 heavy (non-hydrogen) atoms. The van der Waals surface area contributed by atoms with Crippen molar-refractivity contribution in [2.75, 3.05) is 19.6 Å². The minimum absolute atomic E-state index is 0.0166. The third-order valence-corrected chi connectivity index (χ3v) is 4.47. The quantitative estimate of drug-likeness (QED) is 0.867. The Morgan fingerprint density at radius 1 is 1.29 bits per heavy atom. The molecule has 1 aliphatic heterocycles. The Kier molecular flexibility index (Phi) is 4.76. The van der Waals surface area contributed by atoms with Crippen molar-refractivity contribution in [3.05, 3.63) is 42.1 Å². The molecule has 2 N–H and O–H groups in total. The predicted molar refractivity (Wildman–Crippen MR) is 90.2 cm³/mol. The van der Waals surface area contributed by atoms with E-state index in [1.54, 1.807) is 11.1 Å². The maximum Gasteiger partial charge on any atom is 0.242 e. The van der Waals surface area contributed by atoms with E-state index in [2.05, 4.69) is 10.3 Å². The molecule has 0 radical (unpaired) electrons. The number of benzene rings is 1. The second-order valence-corrected chi connectivity index (χ2v) is 6.23. The molecule has 0 saturated carbocycles. The van der Waals surface area contributed by atoms with Crippen LogP contribution in [0.2, 0.25) is 0 Å². The lowest BCUT2D eigenvalue weighted by atomic mass is 9.94. The molecule has 6 nitrogen and oxygen atoms in total. The fourth-order valence-electron chi connectivity index (χ4n) is 3.19. The second kappa shape index (κ2) is 6.97. The van der Waals surface area contributed by atoms with Gasteiger partial charge in [0.15, 0.2) is 0 Å². The fourth-order valence-corrected chi connectivity index (χ4v) is 3.19. The monoisotopic (exact) mass is 327 g/mol. The summed E-state index contributed by atoms with van der Waals surface area (Å²) < 4.78 is 0. The first-order valence-corrected chi connectivity index (χ1v) is 8.07. The van der Waals surface area contributed by atoms with Gasteiger partial charge in [0.2, 0.25) is 11.8 Å². The number of likely N-dealkylation sites (tertiary alicyclic amines) is 1. The Morgan fingerprint density at radius 3 is 2.88 bits per heavy atom. The lowest BCUT2D eigenvalue weighted by molar-refractivity contribution is -0.131. The highest BCUT2D eigenvalue weighted by molar-refractivity contribution is 5.84. The van der Waals surface area contributed by atoms with Gasteiger partial charge in [-0.05, 0) is 24.1 Å². The number of aliphatic hydroxyl groups excluding tert-OH is 1. The molecular weight excluding hydrogens is 306 g/mol. The van der Waals surface area contributed by atoms with Gasteiger partial charge in [-0.15, -0.1) is 0 Å². The third-order valence-electron chi connectivity index (χ3n) is 4.47. The number of rotatable bonds is 4. The number of aliphatic hydroxyl groups is 1. The van der Waals surface area contributed by atoms with Crippen molar-refractivity contribution < 1.29 is 14.7 Å². The number of fused-ring (bicyclic) bond motifs is 1. The van der Waals surface area contributed by atoms with E-state index in [0.29, 0.717) is 19.5 Å². The number of nitrogens with one attached hydrogen (secondary N) is 1. The number of amides is 2. The van der Waals surface area contributed by atoms with Gasteiger partial charge in [0.25, 0.3) is 0 Å². The van der Waals surface area contributed by atoms with Crippen LogP contribution < -0.4 is 5.32 Å². The average Bonchev–Trinajstić information content (AvgIpc) is 2.94. The van der Waals surface area contributed by atoms with Crippen LogP contribution in [0.25, 0.3) is 10.9 Å². The van der Waals surface area contributed by atoms with Crippen molar-refractivity contribution in [3.8, 4) is 0 Å². The number of carbonyl (C=O) groups is 2. The van der Waals surface area contributed by atoms with E-state index < -0.39 is 6.10 Å². The molecule has 1 aliphatic rings. The van der Waals surface area contributed by atoms with Gasteiger partial charge in [0.1, 0.15) is 0 Å². The highest BCUT2D eigenvalue weighted by Gasteiger charge is 2.34. The lowest BCUT2D eigenvalue weighted by Crippen LogP contribution is -2.38. The minimum Gasteiger partial charge on any atom is -0.391 e. The van der Waals surface area contributed by atoms with E-state index in [-0.39, 0.29) is 24.3 Å². The summed E-state index contributed by atoms with van der Waals surface area (Å²) in [7, 11) is 0. The Bertz CT molecular complexity index is 757. The van der Waals surface area contributed by atoms with Gasteiger partial charge < -0.3 is 15.3 Å². The minimum atomic E-state index is -0.557. The first-order chi connectivity index (χ1) is 11.5. The van der Waals surface area contributed by atoms with Crippen molar-refractivity contribution in [2.45, 2.75) is 19.4 Å². The molecule has 0 bridgehead atoms. The zero-order chi connectivity index (χ0) is 17.1. The van der Waals surface area contributed by atoms with Gasteiger partial charge in [-0.25, -0.2) is 0 Å². The van der Waals surface area contributed by atoms with Gasteiger partial charge in [-0.1, -0.05) is 18.2 Å². The standard InChI is InChI=1S/C18H21N3O3/c1-12(22)20-9-18(24)21-10-14(17(23)11-21)8-13-6-7-19-16-5-3-2-4-15(13)16/h2-7,14,17,23H,8-11H2,1H3,(H,20,22). The number of hydrogen-bond acceptors (Lipinski definition) is 4. The summed E-state index contributed by atoms with van der Waals surface area (Å²) in [6, 6.07) is 9.89. The molecule has 0 spiro atoms. The molecule has 1 aromatic carbocycles. The van der Waals surface area contributed by atoms with Crippen molar-refractivity contribution in [1.29, 1.82) is 0 Å². The van der Waals surface area contributed by atoms with E-state index in [4.69, 9.17) is 0 Å². The zero-order valence-electron chi connectivity index (χ0n) is 13.6. The van der Waals surface area contributed by atoms with Gasteiger partial charge in [-0.3, -0.25) is 14.6 Å². The Labute approximate surface area is 140 Å². The molecule has 2 unspecified atom stereocenters. The van der Waals surface area contributed by atoms with Crippen LogP contribution in [0.3, 0.4) is 0 Å². The lowest BCUT2D eigenvalue weighted by Gasteiger charge is -2.16. The van der Waals surface area contributed by atoms with E-state index in [0.717, 1.165) is 16.5 Å². The number of para-hydroxylation sites is 1. The van der Waals surface area contributed by atoms with E-state index in [1.807, 2.05) is 30.3 Å². The number of pyridine rings is 1.